The van der Waals surface area contributed by atoms with Gasteiger partial charge in [-0.05, 0) is 41.5 Å². The Hall–Kier alpha value is -2.69. The molecule has 5 rings (SSSR count). The zero-order valence-corrected chi connectivity index (χ0v) is 12.2. The molecule has 1 saturated carbocycles. The van der Waals surface area contributed by atoms with Crippen LogP contribution in [0.15, 0.2) is 36.4 Å². The summed E-state index contributed by atoms with van der Waals surface area (Å²) in [7, 11) is 0. The van der Waals surface area contributed by atoms with Gasteiger partial charge in [0.2, 0.25) is 0 Å². The zero-order chi connectivity index (χ0) is 15.8. The molecule has 0 aromatic heterocycles. The lowest BCUT2D eigenvalue weighted by molar-refractivity contribution is -0.122. The second kappa shape index (κ2) is 3.98. The Balaban J connectivity index is 1.87. The molecule has 1 aliphatic heterocycles. The normalized spacial score (nSPS) is 24.4. The first-order valence-corrected chi connectivity index (χ1v) is 7.68. The third-order valence-electron chi connectivity index (χ3n) is 5.03. The predicted molar refractivity (Wildman–Crippen MR) is 81.3 cm³/mol. The van der Waals surface area contributed by atoms with Crippen molar-refractivity contribution in [1.29, 1.82) is 0 Å². The van der Waals surface area contributed by atoms with Crippen LogP contribution in [0.3, 0.4) is 0 Å². The Kier molecular flexibility index (Phi) is 2.22. The minimum Gasteiger partial charge on any atom is -0.316 e. The molecule has 5 heteroatoms. The summed E-state index contributed by atoms with van der Waals surface area (Å²) in [5, 5.41) is 5.04. The lowest BCUT2D eigenvalue weighted by Crippen LogP contribution is -2.43. The summed E-state index contributed by atoms with van der Waals surface area (Å²) in [6.45, 7) is 0. The number of rotatable bonds is 1. The van der Waals surface area contributed by atoms with Crippen LogP contribution in [0, 0.1) is 5.82 Å². The van der Waals surface area contributed by atoms with Gasteiger partial charge in [-0.15, -0.1) is 0 Å². The first-order valence-electron chi connectivity index (χ1n) is 7.68. The number of carbonyl (C=O) groups is 2. The van der Waals surface area contributed by atoms with Crippen molar-refractivity contribution in [3.63, 3.8) is 0 Å². The smallest absolute Gasteiger partial charge is 0.316 e. The number of amides is 3. The van der Waals surface area contributed by atoms with Crippen molar-refractivity contribution in [3.8, 4) is 11.1 Å². The quantitative estimate of drug-likeness (QED) is 0.796. The molecule has 1 unspecified atom stereocenters. The standard InChI is InChI=1S/C18H13FN2O2/c19-14-8-10(9-5-6-9)7-13-15(14)11-3-1-2-4-12(11)18(13)16(22)20-17(23)21-18/h1-4,7-9H,5-6H2,(H2,20,21,22,23). The molecular formula is C18H13FN2O2. The molecule has 2 N–H and O–H groups in total. The van der Waals surface area contributed by atoms with Crippen molar-refractivity contribution in [3.05, 3.63) is 58.9 Å². The van der Waals surface area contributed by atoms with E-state index in [2.05, 4.69) is 10.6 Å². The molecule has 2 aromatic carbocycles. The van der Waals surface area contributed by atoms with E-state index in [9.17, 15) is 14.0 Å². The number of fused-ring (bicyclic) bond motifs is 5. The fraction of sp³-hybridized carbons (Fsp3) is 0.222. The molecule has 3 amide bonds. The maximum absolute atomic E-state index is 14.8. The van der Waals surface area contributed by atoms with Crippen molar-refractivity contribution < 1.29 is 14.0 Å². The van der Waals surface area contributed by atoms with Gasteiger partial charge in [0, 0.05) is 11.1 Å². The second-order valence-corrected chi connectivity index (χ2v) is 6.40. The van der Waals surface area contributed by atoms with E-state index in [-0.39, 0.29) is 5.82 Å². The molecule has 23 heavy (non-hydrogen) atoms. The molecule has 1 saturated heterocycles. The maximum atomic E-state index is 14.8. The largest absolute Gasteiger partial charge is 0.322 e. The zero-order valence-electron chi connectivity index (χ0n) is 12.2. The molecule has 2 fully saturated rings. The molecule has 1 spiro atoms. The van der Waals surface area contributed by atoms with Crippen LogP contribution >= 0.6 is 0 Å². The lowest BCUT2D eigenvalue weighted by atomic mass is 9.86. The molecule has 0 bridgehead atoms. The van der Waals surface area contributed by atoms with E-state index < -0.39 is 17.5 Å². The van der Waals surface area contributed by atoms with Crippen LogP contribution in [0.2, 0.25) is 0 Å². The minimum atomic E-state index is -1.31. The topological polar surface area (TPSA) is 58.2 Å². The third-order valence-corrected chi connectivity index (χ3v) is 5.03. The van der Waals surface area contributed by atoms with Crippen LogP contribution in [0.1, 0.15) is 35.4 Å². The number of urea groups is 1. The molecule has 1 atom stereocenters. The number of halogens is 1. The Morgan fingerprint density at radius 1 is 1.09 bits per heavy atom. The Bertz CT molecular complexity index is 904. The van der Waals surface area contributed by atoms with E-state index in [1.165, 1.54) is 0 Å². The number of nitrogens with one attached hydrogen (secondary N) is 2. The van der Waals surface area contributed by atoms with Crippen molar-refractivity contribution in [2.45, 2.75) is 24.3 Å². The van der Waals surface area contributed by atoms with Crippen LogP contribution in [0.5, 0.6) is 0 Å². The van der Waals surface area contributed by atoms with Gasteiger partial charge in [-0.2, -0.15) is 0 Å². The molecule has 114 valence electrons. The highest BCUT2D eigenvalue weighted by Crippen LogP contribution is 2.52. The molecule has 3 aliphatic rings. The highest BCUT2D eigenvalue weighted by atomic mass is 19.1. The molecule has 2 aliphatic carbocycles. The summed E-state index contributed by atoms with van der Waals surface area (Å²) in [6.07, 6.45) is 2.08. The third kappa shape index (κ3) is 1.49. The van der Waals surface area contributed by atoms with E-state index in [4.69, 9.17) is 0 Å². The van der Waals surface area contributed by atoms with Crippen LogP contribution in [-0.2, 0) is 10.3 Å². The number of carbonyl (C=O) groups excluding carboxylic acids is 2. The van der Waals surface area contributed by atoms with E-state index in [1.807, 2.05) is 12.1 Å². The van der Waals surface area contributed by atoms with Crippen molar-refractivity contribution in [1.82, 2.24) is 10.6 Å². The number of benzene rings is 2. The van der Waals surface area contributed by atoms with Crippen LogP contribution in [0.25, 0.3) is 11.1 Å². The van der Waals surface area contributed by atoms with Gasteiger partial charge in [-0.3, -0.25) is 10.1 Å². The number of imide groups is 1. The fourth-order valence-electron chi connectivity index (χ4n) is 3.86. The average molecular weight is 308 g/mol. The lowest BCUT2D eigenvalue weighted by Gasteiger charge is -2.23. The summed E-state index contributed by atoms with van der Waals surface area (Å²) in [5.41, 5.74) is 1.85. The summed E-state index contributed by atoms with van der Waals surface area (Å²) >= 11 is 0. The average Bonchev–Trinajstić information content (AvgIpc) is 3.28. The monoisotopic (exact) mass is 308 g/mol. The highest BCUT2D eigenvalue weighted by Gasteiger charge is 2.55. The van der Waals surface area contributed by atoms with Crippen molar-refractivity contribution in [2.75, 3.05) is 0 Å². The number of hydrogen-bond donors (Lipinski definition) is 2. The number of hydrogen-bond acceptors (Lipinski definition) is 2. The van der Waals surface area contributed by atoms with Crippen molar-refractivity contribution in [2.24, 2.45) is 0 Å². The molecule has 2 aromatic rings. The maximum Gasteiger partial charge on any atom is 0.322 e. The van der Waals surface area contributed by atoms with Crippen molar-refractivity contribution >= 4 is 11.9 Å². The fourth-order valence-corrected chi connectivity index (χ4v) is 3.86. The van der Waals surface area contributed by atoms with Gasteiger partial charge < -0.3 is 5.32 Å². The van der Waals surface area contributed by atoms with Crippen LogP contribution in [-0.4, -0.2) is 11.9 Å². The van der Waals surface area contributed by atoms with Crippen LogP contribution < -0.4 is 10.6 Å². The van der Waals surface area contributed by atoms with Gasteiger partial charge >= 0.3 is 6.03 Å². The molecule has 1 heterocycles. The second-order valence-electron chi connectivity index (χ2n) is 6.40. The van der Waals surface area contributed by atoms with Gasteiger partial charge in [0.05, 0.1) is 0 Å². The molecule has 0 radical (unpaired) electrons. The predicted octanol–water partition coefficient (Wildman–Crippen LogP) is 2.77. The summed E-state index contributed by atoms with van der Waals surface area (Å²) in [5.74, 6) is -0.417. The van der Waals surface area contributed by atoms with Crippen LogP contribution in [0.4, 0.5) is 9.18 Å². The van der Waals surface area contributed by atoms with Gasteiger partial charge in [0.1, 0.15) is 5.82 Å². The molecule has 4 nitrogen and oxygen atoms in total. The first kappa shape index (κ1) is 12.8. The Morgan fingerprint density at radius 3 is 2.57 bits per heavy atom. The minimum absolute atomic E-state index is 0.331. The van der Waals surface area contributed by atoms with E-state index >= 15 is 0 Å². The summed E-state index contributed by atoms with van der Waals surface area (Å²) in [4.78, 5) is 24.4. The summed E-state index contributed by atoms with van der Waals surface area (Å²) in [6, 6.07) is 10.1. The van der Waals surface area contributed by atoms with Gasteiger partial charge in [-0.1, -0.05) is 30.3 Å². The highest BCUT2D eigenvalue weighted by molar-refractivity contribution is 6.13. The first-order chi connectivity index (χ1) is 11.1. The Labute approximate surface area is 131 Å². The van der Waals surface area contributed by atoms with Gasteiger partial charge in [0.25, 0.3) is 5.91 Å². The van der Waals surface area contributed by atoms with E-state index in [1.54, 1.807) is 24.3 Å². The molecular weight excluding hydrogens is 295 g/mol. The SMILES string of the molecule is O=C1NC(=O)C2(N1)c1ccccc1-c1c(F)cc(C3CC3)cc12. The van der Waals surface area contributed by atoms with Gasteiger partial charge in [0.15, 0.2) is 5.54 Å². The van der Waals surface area contributed by atoms with E-state index in [0.717, 1.165) is 18.4 Å². The summed E-state index contributed by atoms with van der Waals surface area (Å²) < 4.78 is 14.8. The Morgan fingerprint density at radius 2 is 1.87 bits per heavy atom. The van der Waals surface area contributed by atoms with E-state index in [0.29, 0.717) is 28.2 Å². The van der Waals surface area contributed by atoms with Gasteiger partial charge in [-0.25, -0.2) is 9.18 Å².